The highest BCUT2D eigenvalue weighted by molar-refractivity contribution is 5.68. The van der Waals surface area contributed by atoms with E-state index in [0.717, 1.165) is 6.07 Å². The number of H-pyrrole nitrogens is 2. The van der Waals surface area contributed by atoms with Gasteiger partial charge >= 0.3 is 0 Å². The molecule has 6 heteroatoms. The molecule has 0 bridgehead atoms. The number of halogens is 1. The van der Waals surface area contributed by atoms with Crippen LogP contribution in [0.1, 0.15) is 0 Å². The monoisotopic (exact) mass is 224 g/mol. The fourth-order valence-electron chi connectivity index (χ4n) is 1.44. The van der Waals surface area contributed by atoms with Gasteiger partial charge in [0.2, 0.25) is 5.88 Å². The maximum absolute atomic E-state index is 13.4. The Labute approximate surface area is 89.5 Å². The van der Waals surface area contributed by atoms with Crippen LogP contribution in [0, 0.1) is 5.82 Å². The Morgan fingerprint density at radius 3 is 2.62 bits per heavy atom. The highest BCUT2D eigenvalue weighted by atomic mass is 19.1. The van der Waals surface area contributed by atoms with Crippen LogP contribution in [0.2, 0.25) is 0 Å². The first kappa shape index (κ1) is 10.3. The lowest BCUT2D eigenvalue weighted by Crippen LogP contribution is -2.01. The number of rotatable bonds is 2. The smallest absolute Gasteiger partial charge is 0.275 e. The molecule has 3 N–H and O–H groups in total. The number of aromatic amines is 2. The van der Waals surface area contributed by atoms with Crippen LogP contribution in [-0.4, -0.2) is 22.4 Å². The molecule has 1 aromatic carbocycles. The summed E-state index contributed by atoms with van der Waals surface area (Å²) in [5.74, 6) is -0.843. The van der Waals surface area contributed by atoms with Crippen LogP contribution in [0.4, 0.5) is 4.39 Å². The maximum atomic E-state index is 13.4. The molecule has 0 saturated heterocycles. The SMILES string of the molecule is COc1ccc(-c2c(O)[nH][nH]c2=O)cc1F. The lowest BCUT2D eigenvalue weighted by atomic mass is 10.1. The van der Waals surface area contributed by atoms with Crippen molar-refractivity contribution in [3.8, 4) is 22.8 Å². The molecule has 0 amide bonds. The van der Waals surface area contributed by atoms with Gasteiger partial charge in [-0.05, 0) is 17.7 Å². The average molecular weight is 224 g/mol. The third kappa shape index (κ3) is 1.54. The molecular weight excluding hydrogens is 215 g/mol. The van der Waals surface area contributed by atoms with Crippen molar-refractivity contribution in [3.63, 3.8) is 0 Å². The minimum absolute atomic E-state index is 0.00144. The average Bonchev–Trinajstić information content (AvgIpc) is 2.58. The van der Waals surface area contributed by atoms with Crippen molar-refractivity contribution in [2.24, 2.45) is 0 Å². The number of nitrogens with one attached hydrogen (secondary N) is 2. The van der Waals surface area contributed by atoms with E-state index in [2.05, 4.69) is 10.2 Å². The first-order chi connectivity index (χ1) is 7.63. The molecule has 1 aromatic heterocycles. The molecule has 0 unspecified atom stereocenters. The highest BCUT2D eigenvalue weighted by Crippen LogP contribution is 2.27. The molecule has 0 atom stereocenters. The van der Waals surface area contributed by atoms with Gasteiger partial charge in [0.05, 0.1) is 7.11 Å². The van der Waals surface area contributed by atoms with E-state index in [-0.39, 0.29) is 22.8 Å². The van der Waals surface area contributed by atoms with Crippen molar-refractivity contribution in [2.45, 2.75) is 0 Å². The predicted molar refractivity (Wildman–Crippen MR) is 55.0 cm³/mol. The summed E-state index contributed by atoms with van der Waals surface area (Å²) in [6.45, 7) is 0. The maximum Gasteiger partial charge on any atom is 0.275 e. The molecule has 0 aliphatic rings. The Morgan fingerprint density at radius 1 is 1.38 bits per heavy atom. The van der Waals surface area contributed by atoms with Crippen molar-refractivity contribution in [2.75, 3.05) is 7.11 Å². The topological polar surface area (TPSA) is 78.1 Å². The second kappa shape index (κ2) is 3.73. The Kier molecular flexibility index (Phi) is 2.40. The quantitative estimate of drug-likeness (QED) is 0.717. The van der Waals surface area contributed by atoms with Crippen molar-refractivity contribution >= 4 is 0 Å². The van der Waals surface area contributed by atoms with E-state index in [4.69, 9.17) is 4.74 Å². The fourth-order valence-corrected chi connectivity index (χ4v) is 1.44. The van der Waals surface area contributed by atoms with E-state index in [1.54, 1.807) is 0 Å². The molecule has 0 aliphatic carbocycles. The van der Waals surface area contributed by atoms with Gasteiger partial charge in [-0.25, -0.2) is 4.39 Å². The molecule has 0 radical (unpaired) electrons. The number of hydrogen-bond donors (Lipinski definition) is 3. The molecule has 0 fully saturated rings. The number of ether oxygens (including phenoxy) is 1. The highest BCUT2D eigenvalue weighted by Gasteiger charge is 2.13. The van der Waals surface area contributed by atoms with Crippen LogP contribution in [-0.2, 0) is 0 Å². The largest absolute Gasteiger partial charge is 0.494 e. The van der Waals surface area contributed by atoms with Crippen molar-refractivity contribution in [1.29, 1.82) is 0 Å². The molecule has 0 aliphatic heterocycles. The normalized spacial score (nSPS) is 10.4. The minimum Gasteiger partial charge on any atom is -0.494 e. The molecular formula is C10H9FN2O3. The van der Waals surface area contributed by atoms with E-state index in [9.17, 15) is 14.3 Å². The van der Waals surface area contributed by atoms with E-state index in [1.165, 1.54) is 19.2 Å². The van der Waals surface area contributed by atoms with Crippen LogP contribution < -0.4 is 10.3 Å². The Bertz CT molecular complexity index is 574. The summed E-state index contributed by atoms with van der Waals surface area (Å²) in [5.41, 5.74) is -0.234. The Hall–Kier alpha value is -2.24. The first-order valence-electron chi connectivity index (χ1n) is 4.47. The second-order valence-corrected chi connectivity index (χ2v) is 3.15. The Balaban J connectivity index is 2.58. The van der Waals surface area contributed by atoms with E-state index >= 15 is 0 Å². The zero-order chi connectivity index (χ0) is 11.7. The van der Waals surface area contributed by atoms with Gasteiger partial charge in [0.15, 0.2) is 11.6 Å². The number of benzene rings is 1. The van der Waals surface area contributed by atoms with Gasteiger partial charge in [0.25, 0.3) is 5.56 Å². The summed E-state index contributed by atoms with van der Waals surface area (Å²) in [6, 6.07) is 3.99. The second-order valence-electron chi connectivity index (χ2n) is 3.15. The summed E-state index contributed by atoms with van der Waals surface area (Å²) in [6.07, 6.45) is 0. The summed E-state index contributed by atoms with van der Waals surface area (Å²) in [7, 11) is 1.35. The zero-order valence-corrected chi connectivity index (χ0v) is 8.37. The standard InChI is InChI=1S/C10H9FN2O3/c1-16-7-3-2-5(4-6(7)11)8-9(14)12-13-10(8)15/h2-4H,1H3,(H3,12,13,14,15). The molecule has 2 aromatic rings. The van der Waals surface area contributed by atoms with Gasteiger partial charge in [-0.3, -0.25) is 15.0 Å². The van der Waals surface area contributed by atoms with Gasteiger partial charge in [-0.1, -0.05) is 6.07 Å². The zero-order valence-electron chi connectivity index (χ0n) is 8.37. The summed E-state index contributed by atoms with van der Waals surface area (Å²) < 4.78 is 18.1. The van der Waals surface area contributed by atoms with E-state index < -0.39 is 11.4 Å². The molecule has 16 heavy (non-hydrogen) atoms. The number of aromatic nitrogens is 2. The molecule has 0 saturated carbocycles. The molecule has 2 rings (SSSR count). The van der Waals surface area contributed by atoms with Crippen LogP contribution >= 0.6 is 0 Å². The van der Waals surface area contributed by atoms with Gasteiger partial charge in [-0.2, -0.15) is 0 Å². The summed E-state index contributed by atoms with van der Waals surface area (Å²) in [4.78, 5) is 11.3. The fraction of sp³-hybridized carbons (Fsp3) is 0.100. The van der Waals surface area contributed by atoms with Gasteiger partial charge in [0, 0.05) is 0 Å². The number of methoxy groups -OCH3 is 1. The van der Waals surface area contributed by atoms with E-state index in [0.29, 0.717) is 0 Å². The lowest BCUT2D eigenvalue weighted by molar-refractivity contribution is 0.386. The molecule has 0 spiro atoms. The lowest BCUT2D eigenvalue weighted by Gasteiger charge is -2.03. The van der Waals surface area contributed by atoms with Crippen molar-refractivity contribution in [3.05, 3.63) is 34.4 Å². The van der Waals surface area contributed by atoms with Gasteiger partial charge < -0.3 is 9.84 Å². The Morgan fingerprint density at radius 2 is 2.12 bits per heavy atom. The summed E-state index contributed by atoms with van der Waals surface area (Å²) >= 11 is 0. The van der Waals surface area contributed by atoms with Gasteiger partial charge in [0.1, 0.15) is 5.56 Å². The minimum atomic E-state index is -0.597. The van der Waals surface area contributed by atoms with Crippen LogP contribution in [0.3, 0.4) is 0 Å². The molecule has 84 valence electrons. The first-order valence-corrected chi connectivity index (χ1v) is 4.47. The summed E-state index contributed by atoms with van der Waals surface area (Å²) in [5, 5.41) is 13.8. The molecule has 1 heterocycles. The van der Waals surface area contributed by atoms with E-state index in [1.807, 2.05) is 0 Å². The van der Waals surface area contributed by atoms with Crippen molar-refractivity contribution < 1.29 is 14.2 Å². The van der Waals surface area contributed by atoms with Crippen LogP contribution in [0.25, 0.3) is 11.1 Å². The molecule has 5 nitrogen and oxygen atoms in total. The number of hydrogen-bond acceptors (Lipinski definition) is 3. The van der Waals surface area contributed by atoms with Gasteiger partial charge in [-0.15, -0.1) is 0 Å². The third-order valence-corrected chi connectivity index (χ3v) is 2.20. The van der Waals surface area contributed by atoms with Crippen LogP contribution in [0.15, 0.2) is 23.0 Å². The van der Waals surface area contributed by atoms with Crippen molar-refractivity contribution in [1.82, 2.24) is 10.2 Å². The predicted octanol–water partition coefficient (Wildman–Crippen LogP) is 1.22. The number of aromatic hydroxyl groups is 1. The van der Waals surface area contributed by atoms with Crippen LogP contribution in [0.5, 0.6) is 11.6 Å². The third-order valence-electron chi connectivity index (χ3n) is 2.20.